The minimum Gasteiger partial charge on any atom is -0.380 e. The quantitative estimate of drug-likeness (QED) is 0.673. The van der Waals surface area contributed by atoms with E-state index >= 15 is 0 Å². The molecule has 0 spiro atoms. The lowest BCUT2D eigenvalue weighted by molar-refractivity contribution is 0.138. The summed E-state index contributed by atoms with van der Waals surface area (Å²) < 4.78 is 7.77. The lowest BCUT2D eigenvalue weighted by Crippen LogP contribution is -2.31. The molecule has 2 rings (SSSR count). The van der Waals surface area contributed by atoms with Crippen LogP contribution in [-0.4, -0.2) is 17.8 Å². The fourth-order valence-corrected chi connectivity index (χ4v) is 2.17. The Labute approximate surface area is 90.9 Å². The zero-order chi connectivity index (χ0) is 10.7. The van der Waals surface area contributed by atoms with Crippen LogP contribution in [0.5, 0.6) is 0 Å². The van der Waals surface area contributed by atoms with E-state index in [1.54, 1.807) is 0 Å². The molecule has 1 aliphatic rings. The van der Waals surface area contributed by atoms with E-state index in [0.717, 1.165) is 19.8 Å². The summed E-state index contributed by atoms with van der Waals surface area (Å²) in [5.41, 5.74) is 1.34. The molecule has 1 aliphatic carbocycles. The predicted molar refractivity (Wildman–Crippen MR) is 63.1 cm³/mol. The zero-order valence-corrected chi connectivity index (χ0v) is 9.62. The van der Waals surface area contributed by atoms with Gasteiger partial charge in [0, 0.05) is 24.2 Å². The first-order chi connectivity index (χ1) is 7.33. The maximum absolute atomic E-state index is 5.41. The van der Waals surface area contributed by atoms with Crippen molar-refractivity contribution in [3.8, 4) is 0 Å². The van der Waals surface area contributed by atoms with Gasteiger partial charge in [0.15, 0.2) is 0 Å². The minimum absolute atomic E-state index is 0.804. The number of aromatic nitrogens is 1. The first-order valence-corrected chi connectivity index (χ1v) is 5.77. The van der Waals surface area contributed by atoms with Gasteiger partial charge in [0.1, 0.15) is 0 Å². The van der Waals surface area contributed by atoms with E-state index in [0.29, 0.717) is 0 Å². The molecule has 0 saturated carbocycles. The smallest absolute Gasteiger partial charge is 0.0645 e. The van der Waals surface area contributed by atoms with Crippen LogP contribution in [0.2, 0.25) is 0 Å². The Morgan fingerprint density at radius 3 is 2.93 bits per heavy atom. The Bertz CT molecular complexity index is 442. The van der Waals surface area contributed by atoms with Crippen molar-refractivity contribution in [2.45, 2.75) is 33.2 Å². The molecule has 0 aromatic carbocycles. The Morgan fingerprint density at radius 2 is 2.13 bits per heavy atom. The van der Waals surface area contributed by atoms with E-state index in [-0.39, 0.29) is 0 Å². The van der Waals surface area contributed by atoms with Crippen LogP contribution in [0.3, 0.4) is 0 Å². The fourth-order valence-electron chi connectivity index (χ4n) is 2.17. The molecule has 0 amide bonds. The average molecular weight is 205 g/mol. The third kappa shape index (κ3) is 2.15. The average Bonchev–Trinajstić information content (AvgIpc) is 2.56. The maximum Gasteiger partial charge on any atom is 0.0645 e. The third-order valence-electron chi connectivity index (χ3n) is 2.91. The second kappa shape index (κ2) is 4.67. The van der Waals surface area contributed by atoms with Crippen LogP contribution in [0.4, 0.5) is 0 Å². The van der Waals surface area contributed by atoms with Crippen LogP contribution in [0.15, 0.2) is 6.07 Å². The van der Waals surface area contributed by atoms with Gasteiger partial charge in [-0.2, -0.15) is 0 Å². The Balaban J connectivity index is 2.27. The number of rotatable bonds is 4. The highest BCUT2D eigenvalue weighted by Crippen LogP contribution is 1.99. The van der Waals surface area contributed by atoms with Crippen LogP contribution in [0.25, 0.3) is 12.2 Å². The first kappa shape index (κ1) is 10.5. The van der Waals surface area contributed by atoms with Gasteiger partial charge in [0.2, 0.25) is 0 Å². The largest absolute Gasteiger partial charge is 0.380 e. The SMILES string of the molecule is CCOCCn1c(C)cc2c1=CCCC=2. The summed E-state index contributed by atoms with van der Waals surface area (Å²) in [6.45, 7) is 6.80. The number of hydrogen-bond donors (Lipinski definition) is 0. The molecule has 2 heteroatoms. The number of nitrogens with zero attached hydrogens (tertiary/aromatic N) is 1. The van der Waals surface area contributed by atoms with Crippen molar-refractivity contribution >= 4 is 12.2 Å². The van der Waals surface area contributed by atoms with Gasteiger partial charge in [-0.15, -0.1) is 0 Å². The summed E-state index contributed by atoms with van der Waals surface area (Å²) >= 11 is 0. The van der Waals surface area contributed by atoms with Gasteiger partial charge in [-0.1, -0.05) is 12.2 Å². The molecule has 0 fully saturated rings. The lowest BCUT2D eigenvalue weighted by Gasteiger charge is -2.08. The summed E-state index contributed by atoms with van der Waals surface area (Å²) in [6.07, 6.45) is 7.03. The highest BCUT2D eigenvalue weighted by molar-refractivity contribution is 5.37. The van der Waals surface area contributed by atoms with Crippen molar-refractivity contribution in [3.63, 3.8) is 0 Å². The van der Waals surface area contributed by atoms with E-state index < -0.39 is 0 Å². The molecule has 82 valence electrons. The Morgan fingerprint density at radius 1 is 1.33 bits per heavy atom. The van der Waals surface area contributed by atoms with E-state index in [9.17, 15) is 0 Å². The molecular weight excluding hydrogens is 186 g/mol. The Kier molecular flexibility index (Phi) is 3.27. The van der Waals surface area contributed by atoms with Crippen LogP contribution in [0.1, 0.15) is 25.5 Å². The molecule has 0 aliphatic heterocycles. The molecule has 1 aromatic rings. The summed E-state index contributed by atoms with van der Waals surface area (Å²) in [5.74, 6) is 0. The molecule has 0 N–H and O–H groups in total. The topological polar surface area (TPSA) is 14.2 Å². The molecule has 0 radical (unpaired) electrons. The van der Waals surface area contributed by atoms with Gasteiger partial charge in [0.25, 0.3) is 0 Å². The number of ether oxygens (including phenoxy) is 1. The van der Waals surface area contributed by atoms with Crippen LogP contribution in [-0.2, 0) is 11.3 Å². The first-order valence-electron chi connectivity index (χ1n) is 5.77. The number of fused-ring (bicyclic) bond motifs is 1. The van der Waals surface area contributed by atoms with E-state index in [1.165, 1.54) is 29.1 Å². The fraction of sp³-hybridized carbons (Fsp3) is 0.538. The van der Waals surface area contributed by atoms with Gasteiger partial charge < -0.3 is 9.30 Å². The molecule has 2 nitrogen and oxygen atoms in total. The molecule has 1 heterocycles. The monoisotopic (exact) mass is 205 g/mol. The molecule has 0 saturated heterocycles. The van der Waals surface area contributed by atoms with Crippen molar-refractivity contribution in [3.05, 3.63) is 22.3 Å². The minimum atomic E-state index is 0.804. The summed E-state index contributed by atoms with van der Waals surface area (Å²) in [4.78, 5) is 0. The maximum atomic E-state index is 5.41. The summed E-state index contributed by atoms with van der Waals surface area (Å²) in [5, 5.41) is 2.79. The van der Waals surface area contributed by atoms with Gasteiger partial charge in [-0.3, -0.25) is 0 Å². The van der Waals surface area contributed by atoms with Crippen molar-refractivity contribution in [1.82, 2.24) is 4.57 Å². The molecule has 15 heavy (non-hydrogen) atoms. The van der Waals surface area contributed by atoms with Crippen LogP contribution < -0.4 is 10.6 Å². The molecule has 0 bridgehead atoms. The van der Waals surface area contributed by atoms with Crippen molar-refractivity contribution in [2.24, 2.45) is 0 Å². The van der Waals surface area contributed by atoms with Gasteiger partial charge >= 0.3 is 0 Å². The summed E-state index contributed by atoms with van der Waals surface area (Å²) in [6, 6.07) is 2.27. The molecular formula is C13H19NO. The van der Waals surface area contributed by atoms with Gasteiger partial charge in [0.05, 0.1) is 6.61 Å². The van der Waals surface area contributed by atoms with Crippen molar-refractivity contribution in [1.29, 1.82) is 0 Å². The second-order valence-corrected chi connectivity index (χ2v) is 3.96. The molecule has 1 aromatic heterocycles. The van der Waals surface area contributed by atoms with Gasteiger partial charge in [-0.05, 0) is 38.0 Å². The van der Waals surface area contributed by atoms with Crippen LogP contribution in [0, 0.1) is 6.92 Å². The summed E-state index contributed by atoms with van der Waals surface area (Å²) in [7, 11) is 0. The van der Waals surface area contributed by atoms with Crippen molar-refractivity contribution in [2.75, 3.05) is 13.2 Å². The third-order valence-corrected chi connectivity index (χ3v) is 2.91. The van der Waals surface area contributed by atoms with Crippen molar-refractivity contribution < 1.29 is 4.74 Å². The number of hydrogen-bond acceptors (Lipinski definition) is 1. The lowest BCUT2D eigenvalue weighted by atomic mass is 10.2. The highest BCUT2D eigenvalue weighted by Gasteiger charge is 2.03. The van der Waals surface area contributed by atoms with Gasteiger partial charge in [-0.25, -0.2) is 0 Å². The number of aryl methyl sites for hydroxylation is 1. The second-order valence-electron chi connectivity index (χ2n) is 3.96. The van der Waals surface area contributed by atoms with E-state index in [2.05, 4.69) is 29.7 Å². The van der Waals surface area contributed by atoms with E-state index in [1.807, 2.05) is 6.92 Å². The molecule has 0 unspecified atom stereocenters. The zero-order valence-electron chi connectivity index (χ0n) is 9.62. The Hall–Kier alpha value is -1.02. The normalized spacial score (nSPS) is 14.3. The predicted octanol–water partition coefficient (Wildman–Crippen LogP) is 1.19. The molecule has 0 atom stereocenters. The van der Waals surface area contributed by atoms with E-state index in [4.69, 9.17) is 4.74 Å². The standard InChI is InChI=1S/C13H19NO/c1-3-15-9-8-14-11(2)10-12-6-4-5-7-13(12)14/h6-7,10H,3-5,8-9H2,1-2H3. The van der Waals surface area contributed by atoms with Crippen LogP contribution >= 0.6 is 0 Å². The highest BCUT2D eigenvalue weighted by atomic mass is 16.5.